The molecule has 0 unspecified atom stereocenters. The predicted molar refractivity (Wildman–Crippen MR) is 76.6 cm³/mol. The van der Waals surface area contributed by atoms with Crippen LogP contribution in [0.4, 0.5) is 10.3 Å². The van der Waals surface area contributed by atoms with Crippen LogP contribution < -0.4 is 5.73 Å². The van der Waals surface area contributed by atoms with Gasteiger partial charge in [0.05, 0.1) is 11.4 Å². The van der Waals surface area contributed by atoms with Crippen molar-refractivity contribution in [1.82, 2.24) is 19.3 Å². The smallest absolute Gasteiger partial charge is 0.207 e. The van der Waals surface area contributed by atoms with Crippen molar-refractivity contribution in [1.29, 1.82) is 0 Å². The van der Waals surface area contributed by atoms with E-state index in [-0.39, 0.29) is 11.6 Å². The number of anilines is 1. The molecule has 2 N–H and O–H groups in total. The number of imidazole rings is 1. The highest BCUT2D eigenvalue weighted by molar-refractivity contribution is 6.30. The number of fused-ring (bicyclic) bond motifs is 1. The van der Waals surface area contributed by atoms with E-state index in [9.17, 15) is 4.39 Å². The minimum Gasteiger partial charge on any atom is -0.369 e. The molecule has 0 saturated heterocycles. The number of benzene rings is 1. The Morgan fingerprint density at radius 2 is 2.15 bits per heavy atom. The summed E-state index contributed by atoms with van der Waals surface area (Å²) in [6, 6.07) is 4.33. The first kappa shape index (κ1) is 12.9. The fourth-order valence-electron chi connectivity index (χ4n) is 2.30. The molecule has 3 rings (SSSR count). The van der Waals surface area contributed by atoms with Gasteiger partial charge in [-0.3, -0.25) is 4.57 Å². The van der Waals surface area contributed by atoms with Crippen molar-refractivity contribution >= 4 is 28.7 Å². The van der Waals surface area contributed by atoms with Crippen molar-refractivity contribution in [2.45, 2.75) is 20.4 Å². The Morgan fingerprint density at radius 3 is 2.85 bits per heavy atom. The molecule has 0 aliphatic carbocycles. The number of hydrogen-bond acceptors (Lipinski definition) is 3. The topological polar surface area (TPSA) is 61.7 Å². The van der Waals surface area contributed by atoms with E-state index in [4.69, 9.17) is 17.3 Å². The Labute approximate surface area is 119 Å². The maximum absolute atomic E-state index is 14.1. The number of halogens is 2. The Morgan fingerprint density at radius 1 is 1.40 bits per heavy atom. The summed E-state index contributed by atoms with van der Waals surface area (Å²) in [5.74, 6) is -0.203. The maximum Gasteiger partial charge on any atom is 0.207 e. The van der Waals surface area contributed by atoms with Gasteiger partial charge in [-0.05, 0) is 32.0 Å². The summed E-state index contributed by atoms with van der Waals surface area (Å²) in [6.45, 7) is 4.44. The zero-order valence-corrected chi connectivity index (χ0v) is 11.8. The van der Waals surface area contributed by atoms with Gasteiger partial charge in [-0.1, -0.05) is 11.6 Å². The monoisotopic (exact) mass is 293 g/mol. The molecular formula is C13H13ClFN5. The zero-order valence-electron chi connectivity index (χ0n) is 11.1. The minimum absolute atomic E-state index is 0.212. The van der Waals surface area contributed by atoms with Gasteiger partial charge < -0.3 is 5.73 Å². The predicted octanol–water partition coefficient (Wildman–Crippen LogP) is 2.93. The molecule has 0 aliphatic heterocycles. The quantitative estimate of drug-likeness (QED) is 0.790. The molecule has 3 aromatic rings. The molecule has 0 aliphatic rings. The van der Waals surface area contributed by atoms with Crippen LogP contribution in [0.2, 0.25) is 5.02 Å². The summed E-state index contributed by atoms with van der Waals surface area (Å²) >= 11 is 5.95. The van der Waals surface area contributed by atoms with E-state index in [1.165, 1.54) is 18.2 Å². The van der Waals surface area contributed by atoms with Crippen LogP contribution in [0, 0.1) is 12.7 Å². The van der Waals surface area contributed by atoms with Gasteiger partial charge in [0.25, 0.3) is 0 Å². The van der Waals surface area contributed by atoms with Crippen LogP contribution >= 0.6 is 11.6 Å². The Kier molecular flexibility index (Phi) is 2.90. The van der Waals surface area contributed by atoms with Gasteiger partial charge in [0.15, 0.2) is 5.65 Å². The van der Waals surface area contributed by atoms with Crippen LogP contribution in [0.5, 0.6) is 0 Å². The summed E-state index contributed by atoms with van der Waals surface area (Å²) < 4.78 is 17.4. The van der Waals surface area contributed by atoms with Crippen molar-refractivity contribution in [2.75, 3.05) is 5.73 Å². The van der Waals surface area contributed by atoms with E-state index in [0.717, 1.165) is 5.69 Å². The van der Waals surface area contributed by atoms with Crippen molar-refractivity contribution in [2.24, 2.45) is 0 Å². The first-order valence-corrected chi connectivity index (χ1v) is 6.57. The highest BCUT2D eigenvalue weighted by Crippen LogP contribution is 2.28. The lowest BCUT2D eigenvalue weighted by Crippen LogP contribution is -2.08. The first-order valence-electron chi connectivity index (χ1n) is 6.19. The Hall–Kier alpha value is -2.08. The molecule has 2 heterocycles. The van der Waals surface area contributed by atoms with Gasteiger partial charge in [0.1, 0.15) is 11.3 Å². The molecule has 0 bridgehead atoms. The molecule has 7 heteroatoms. The zero-order chi connectivity index (χ0) is 14.4. The highest BCUT2D eigenvalue weighted by Gasteiger charge is 2.20. The van der Waals surface area contributed by atoms with E-state index in [0.29, 0.717) is 22.7 Å². The Bertz CT molecular complexity index is 805. The molecular weight excluding hydrogens is 281 g/mol. The van der Waals surface area contributed by atoms with Gasteiger partial charge in [-0.2, -0.15) is 5.10 Å². The molecule has 0 amide bonds. The molecule has 5 nitrogen and oxygen atoms in total. The first-order chi connectivity index (χ1) is 9.52. The second kappa shape index (κ2) is 4.49. The molecule has 1 aromatic carbocycles. The lowest BCUT2D eigenvalue weighted by Gasteiger charge is -2.09. The molecule has 104 valence electrons. The number of nitrogens with two attached hydrogens (primary N) is 1. The number of rotatable bonds is 2. The van der Waals surface area contributed by atoms with Crippen molar-refractivity contribution in [3.05, 3.63) is 34.7 Å². The van der Waals surface area contributed by atoms with Crippen molar-refractivity contribution in [3.8, 4) is 5.69 Å². The van der Waals surface area contributed by atoms with E-state index >= 15 is 0 Å². The number of aryl methyl sites for hydroxylation is 2. The molecule has 0 atom stereocenters. The summed E-state index contributed by atoms with van der Waals surface area (Å²) in [7, 11) is 0. The fourth-order valence-corrected chi connectivity index (χ4v) is 2.47. The molecule has 0 fully saturated rings. The van der Waals surface area contributed by atoms with Crippen molar-refractivity contribution < 1.29 is 4.39 Å². The number of nitrogens with zero attached hydrogens (tertiary/aromatic N) is 4. The number of nitrogen functional groups attached to an aromatic ring is 1. The molecule has 0 radical (unpaired) electrons. The van der Waals surface area contributed by atoms with Crippen LogP contribution in [-0.4, -0.2) is 19.3 Å². The summed E-state index contributed by atoms with van der Waals surface area (Å²) in [5, 5.41) is 4.80. The fraction of sp³-hybridized carbons (Fsp3) is 0.231. The van der Waals surface area contributed by atoms with Crippen LogP contribution in [0.3, 0.4) is 0 Å². The molecule has 0 saturated carbocycles. The van der Waals surface area contributed by atoms with Gasteiger partial charge in [0.2, 0.25) is 5.95 Å². The lowest BCUT2D eigenvalue weighted by atomic mass is 10.3. The summed E-state index contributed by atoms with van der Waals surface area (Å²) in [6.07, 6.45) is 0. The normalized spacial score (nSPS) is 11.4. The second-order valence-electron chi connectivity index (χ2n) is 4.47. The second-order valence-corrected chi connectivity index (χ2v) is 4.91. The van der Waals surface area contributed by atoms with Gasteiger partial charge >= 0.3 is 0 Å². The molecule has 0 spiro atoms. The third kappa shape index (κ3) is 1.76. The van der Waals surface area contributed by atoms with E-state index in [2.05, 4.69) is 10.1 Å². The van der Waals surface area contributed by atoms with Gasteiger partial charge in [0, 0.05) is 11.6 Å². The van der Waals surface area contributed by atoms with Gasteiger partial charge in [-0.15, -0.1) is 0 Å². The minimum atomic E-state index is -0.415. The Balaban J connectivity index is 2.41. The highest BCUT2D eigenvalue weighted by atomic mass is 35.5. The molecule has 20 heavy (non-hydrogen) atoms. The number of hydrogen-bond donors (Lipinski definition) is 1. The standard InChI is InChI=1S/C13H13ClFN5/c1-3-19-12-11(7(2)18-19)17-13(16)20(12)10-6-8(14)4-5-9(10)15/h4-6H,3H2,1-2H3,(H2,16,17). The SMILES string of the molecule is CCn1nc(C)c2nc(N)n(-c3cc(Cl)ccc3F)c21. The van der Waals surface area contributed by atoms with Crippen LogP contribution in [0.25, 0.3) is 16.9 Å². The van der Waals surface area contributed by atoms with Crippen molar-refractivity contribution in [3.63, 3.8) is 0 Å². The van der Waals surface area contributed by atoms with E-state index in [1.807, 2.05) is 13.8 Å². The largest absolute Gasteiger partial charge is 0.369 e. The average molecular weight is 294 g/mol. The average Bonchev–Trinajstić information content (AvgIpc) is 2.90. The third-order valence-corrected chi connectivity index (χ3v) is 3.42. The summed E-state index contributed by atoms with van der Waals surface area (Å²) in [5.41, 5.74) is 8.31. The lowest BCUT2D eigenvalue weighted by molar-refractivity contribution is 0.615. The number of aromatic nitrogens is 4. The maximum atomic E-state index is 14.1. The third-order valence-electron chi connectivity index (χ3n) is 3.19. The summed E-state index contributed by atoms with van der Waals surface area (Å²) in [4.78, 5) is 4.28. The van der Waals surface area contributed by atoms with Crippen LogP contribution in [0.15, 0.2) is 18.2 Å². The van der Waals surface area contributed by atoms with E-state index in [1.54, 1.807) is 9.25 Å². The van der Waals surface area contributed by atoms with Crippen LogP contribution in [0.1, 0.15) is 12.6 Å². The van der Waals surface area contributed by atoms with Crippen LogP contribution in [-0.2, 0) is 6.54 Å². The van der Waals surface area contributed by atoms with Gasteiger partial charge in [-0.25, -0.2) is 14.1 Å². The van der Waals surface area contributed by atoms with E-state index < -0.39 is 5.82 Å². The molecule has 2 aromatic heterocycles.